The maximum absolute atomic E-state index is 11.7. The van der Waals surface area contributed by atoms with Gasteiger partial charge in [-0.25, -0.2) is 4.79 Å². The Morgan fingerprint density at radius 1 is 0.786 bits per heavy atom. The number of ether oxygens (including phenoxy) is 1. The fourth-order valence-corrected chi connectivity index (χ4v) is 3.85. The Kier molecular flexibility index (Phi) is 5.24. The zero-order valence-corrected chi connectivity index (χ0v) is 15.6. The molecule has 1 N–H and O–H groups in total. The third-order valence-corrected chi connectivity index (χ3v) is 5.15. The summed E-state index contributed by atoms with van der Waals surface area (Å²) in [6, 6.07) is 25.4. The van der Waals surface area contributed by atoms with Crippen molar-refractivity contribution in [2.24, 2.45) is 0 Å². The number of carboxylic acids is 1. The Balaban J connectivity index is 1.72. The highest BCUT2D eigenvalue weighted by Crippen LogP contribution is 2.43. The zero-order chi connectivity index (χ0) is 19.3. The second kappa shape index (κ2) is 8.13. The minimum atomic E-state index is -0.886. The van der Waals surface area contributed by atoms with Gasteiger partial charge in [-0.3, -0.25) is 0 Å². The molecule has 0 fully saturated rings. The van der Waals surface area contributed by atoms with E-state index in [0.717, 1.165) is 47.3 Å². The van der Waals surface area contributed by atoms with Gasteiger partial charge in [-0.15, -0.1) is 0 Å². The fourth-order valence-electron chi connectivity index (χ4n) is 3.85. The highest BCUT2D eigenvalue weighted by atomic mass is 16.5. The molecule has 0 spiro atoms. The van der Waals surface area contributed by atoms with E-state index >= 15 is 0 Å². The first kappa shape index (κ1) is 18.1. The number of carbonyl (C=O) groups is 1. The average Bonchev–Trinajstić information content (AvgIpc) is 3.23. The van der Waals surface area contributed by atoms with E-state index in [2.05, 4.69) is 6.07 Å². The molecule has 28 heavy (non-hydrogen) atoms. The Morgan fingerprint density at radius 3 is 2.14 bits per heavy atom. The molecule has 0 saturated carbocycles. The molecule has 3 aromatic rings. The van der Waals surface area contributed by atoms with Gasteiger partial charge in [-0.1, -0.05) is 66.7 Å². The predicted molar refractivity (Wildman–Crippen MR) is 111 cm³/mol. The first-order valence-electron chi connectivity index (χ1n) is 9.55. The molecule has 0 unspecified atom stereocenters. The number of benzene rings is 3. The van der Waals surface area contributed by atoms with E-state index < -0.39 is 5.97 Å². The van der Waals surface area contributed by atoms with Crippen LogP contribution in [0.2, 0.25) is 0 Å². The number of hydrogen-bond donors (Lipinski definition) is 1. The van der Waals surface area contributed by atoms with Crippen molar-refractivity contribution in [2.75, 3.05) is 0 Å². The quantitative estimate of drug-likeness (QED) is 0.574. The summed E-state index contributed by atoms with van der Waals surface area (Å²) in [6.07, 6.45) is 2.83. The first-order chi connectivity index (χ1) is 13.7. The molecule has 0 heterocycles. The Hall–Kier alpha value is -3.33. The Morgan fingerprint density at radius 2 is 1.39 bits per heavy atom. The SMILES string of the molecule is O=C(O)c1ccccc1C1=C(c2ccccc2OCc2ccccc2)CCC1. The van der Waals surface area contributed by atoms with Crippen LogP contribution in [0.4, 0.5) is 0 Å². The molecule has 0 amide bonds. The molecule has 1 aliphatic rings. The molecule has 140 valence electrons. The van der Waals surface area contributed by atoms with E-state index in [9.17, 15) is 9.90 Å². The van der Waals surface area contributed by atoms with Crippen LogP contribution >= 0.6 is 0 Å². The van der Waals surface area contributed by atoms with Crippen molar-refractivity contribution in [3.63, 3.8) is 0 Å². The van der Waals surface area contributed by atoms with Crippen LogP contribution in [0.25, 0.3) is 11.1 Å². The van der Waals surface area contributed by atoms with Crippen molar-refractivity contribution < 1.29 is 14.6 Å². The minimum absolute atomic E-state index is 0.361. The van der Waals surface area contributed by atoms with E-state index in [4.69, 9.17) is 4.74 Å². The Bertz CT molecular complexity index is 1020. The van der Waals surface area contributed by atoms with Gasteiger partial charge in [0.2, 0.25) is 0 Å². The normalized spacial score (nSPS) is 13.6. The lowest BCUT2D eigenvalue weighted by Crippen LogP contribution is -2.02. The molecule has 3 heteroatoms. The summed E-state index contributed by atoms with van der Waals surface area (Å²) in [6.45, 7) is 0.506. The molecular formula is C25H22O3. The minimum Gasteiger partial charge on any atom is -0.488 e. The van der Waals surface area contributed by atoms with Crippen LogP contribution < -0.4 is 4.74 Å². The molecular weight excluding hydrogens is 348 g/mol. The van der Waals surface area contributed by atoms with Crippen molar-refractivity contribution in [1.82, 2.24) is 0 Å². The topological polar surface area (TPSA) is 46.5 Å². The van der Waals surface area contributed by atoms with E-state index in [1.165, 1.54) is 5.57 Å². The molecule has 4 rings (SSSR count). The van der Waals surface area contributed by atoms with Gasteiger partial charge in [-0.05, 0) is 53.7 Å². The van der Waals surface area contributed by atoms with Crippen molar-refractivity contribution in [2.45, 2.75) is 25.9 Å². The van der Waals surface area contributed by atoms with Gasteiger partial charge < -0.3 is 9.84 Å². The van der Waals surface area contributed by atoms with Crippen LogP contribution in [0.3, 0.4) is 0 Å². The molecule has 3 nitrogen and oxygen atoms in total. The number of hydrogen-bond acceptors (Lipinski definition) is 2. The van der Waals surface area contributed by atoms with Crippen molar-refractivity contribution >= 4 is 17.1 Å². The molecule has 0 aromatic heterocycles. The maximum Gasteiger partial charge on any atom is 0.336 e. The first-order valence-corrected chi connectivity index (χ1v) is 9.55. The number of aromatic carboxylic acids is 1. The van der Waals surface area contributed by atoms with Gasteiger partial charge in [0.25, 0.3) is 0 Å². The van der Waals surface area contributed by atoms with Crippen molar-refractivity contribution in [3.05, 3.63) is 101 Å². The molecule has 0 aliphatic heterocycles. The van der Waals surface area contributed by atoms with Gasteiger partial charge in [-0.2, -0.15) is 0 Å². The van der Waals surface area contributed by atoms with E-state index in [1.807, 2.05) is 60.7 Å². The molecule has 0 saturated heterocycles. The zero-order valence-electron chi connectivity index (χ0n) is 15.6. The lowest BCUT2D eigenvalue weighted by molar-refractivity contribution is 0.0696. The number of para-hydroxylation sites is 1. The van der Waals surface area contributed by atoms with E-state index in [1.54, 1.807) is 12.1 Å². The van der Waals surface area contributed by atoms with Crippen molar-refractivity contribution in [1.29, 1.82) is 0 Å². The van der Waals surface area contributed by atoms with Crippen LogP contribution in [0.5, 0.6) is 5.75 Å². The fraction of sp³-hybridized carbons (Fsp3) is 0.160. The molecule has 0 radical (unpaired) electrons. The maximum atomic E-state index is 11.7. The largest absolute Gasteiger partial charge is 0.488 e. The monoisotopic (exact) mass is 370 g/mol. The van der Waals surface area contributed by atoms with Crippen molar-refractivity contribution in [3.8, 4) is 5.75 Å². The number of allylic oxidation sites excluding steroid dienone is 2. The lowest BCUT2D eigenvalue weighted by Gasteiger charge is -2.15. The van der Waals surface area contributed by atoms with Crippen LogP contribution in [-0.2, 0) is 6.61 Å². The molecule has 3 aromatic carbocycles. The summed E-state index contributed by atoms with van der Waals surface area (Å²) in [4.78, 5) is 11.7. The third kappa shape index (κ3) is 3.70. The summed E-state index contributed by atoms with van der Waals surface area (Å²) in [5, 5.41) is 9.60. The van der Waals surface area contributed by atoms with Gasteiger partial charge in [0.1, 0.15) is 12.4 Å². The highest BCUT2D eigenvalue weighted by Gasteiger charge is 2.23. The standard InChI is InChI=1S/C25H22O3/c26-25(27)23-13-5-4-11-21(23)19-14-8-15-20(19)22-12-6-7-16-24(22)28-17-18-9-2-1-3-10-18/h1-7,9-13,16H,8,14-15,17H2,(H,26,27). The number of rotatable bonds is 6. The average molecular weight is 370 g/mol. The van der Waals surface area contributed by atoms with Gasteiger partial charge in [0.05, 0.1) is 5.56 Å². The lowest BCUT2D eigenvalue weighted by atomic mass is 9.93. The second-order valence-corrected chi connectivity index (χ2v) is 6.93. The summed E-state index contributed by atoms with van der Waals surface area (Å²) in [7, 11) is 0. The molecule has 1 aliphatic carbocycles. The van der Waals surface area contributed by atoms with Gasteiger partial charge >= 0.3 is 5.97 Å². The highest BCUT2D eigenvalue weighted by molar-refractivity contribution is 6.01. The summed E-state index contributed by atoms with van der Waals surface area (Å²) >= 11 is 0. The summed E-state index contributed by atoms with van der Waals surface area (Å²) < 4.78 is 6.15. The van der Waals surface area contributed by atoms with Gasteiger partial charge in [0, 0.05) is 5.56 Å². The Labute approximate surface area is 164 Å². The van der Waals surface area contributed by atoms with Crippen LogP contribution in [0, 0.1) is 0 Å². The van der Waals surface area contributed by atoms with Crippen LogP contribution in [0.1, 0.15) is 46.3 Å². The van der Waals surface area contributed by atoms with E-state index in [0.29, 0.717) is 12.2 Å². The smallest absolute Gasteiger partial charge is 0.336 e. The van der Waals surface area contributed by atoms with E-state index in [-0.39, 0.29) is 0 Å². The van der Waals surface area contributed by atoms with Gasteiger partial charge in [0.15, 0.2) is 0 Å². The molecule has 0 bridgehead atoms. The predicted octanol–water partition coefficient (Wildman–Crippen LogP) is 6.06. The summed E-state index contributed by atoms with van der Waals surface area (Å²) in [5.74, 6) is -0.0449. The van der Waals surface area contributed by atoms with Crippen LogP contribution in [0.15, 0.2) is 78.9 Å². The summed E-state index contributed by atoms with van der Waals surface area (Å²) in [5.41, 5.74) is 5.67. The third-order valence-electron chi connectivity index (χ3n) is 5.15. The van der Waals surface area contributed by atoms with Crippen LogP contribution in [-0.4, -0.2) is 11.1 Å². The second-order valence-electron chi connectivity index (χ2n) is 6.93. The molecule has 0 atom stereocenters. The number of carboxylic acid groups (broad SMARTS) is 1.